The van der Waals surface area contributed by atoms with Crippen molar-refractivity contribution in [2.75, 3.05) is 0 Å². The van der Waals surface area contributed by atoms with Crippen molar-refractivity contribution < 1.29 is 13.0 Å². The van der Waals surface area contributed by atoms with E-state index in [1.807, 2.05) is 6.92 Å². The van der Waals surface area contributed by atoms with Crippen LogP contribution in [0.3, 0.4) is 0 Å². The van der Waals surface area contributed by atoms with Crippen molar-refractivity contribution in [1.29, 1.82) is 0 Å². The van der Waals surface area contributed by atoms with Crippen LogP contribution in [0.1, 0.15) is 49.1 Å². The second-order valence-corrected chi connectivity index (χ2v) is 6.25. The van der Waals surface area contributed by atoms with E-state index >= 15 is 0 Å². The van der Waals surface area contributed by atoms with Crippen LogP contribution < -0.4 is 0 Å². The van der Waals surface area contributed by atoms with Gasteiger partial charge in [-0.1, -0.05) is 25.3 Å². The molecule has 17 heavy (non-hydrogen) atoms. The first-order chi connectivity index (χ1) is 7.98. The molecule has 1 aromatic carbocycles. The summed E-state index contributed by atoms with van der Waals surface area (Å²) in [7, 11) is -4.08. The summed E-state index contributed by atoms with van der Waals surface area (Å²) >= 11 is 0. The first-order valence-electron chi connectivity index (χ1n) is 6.06. The molecule has 1 aromatic rings. The van der Waals surface area contributed by atoms with Crippen molar-refractivity contribution >= 4 is 10.1 Å². The Balaban J connectivity index is 2.38. The van der Waals surface area contributed by atoms with E-state index in [1.165, 1.54) is 25.3 Å². The van der Waals surface area contributed by atoms with Crippen molar-refractivity contribution in [3.63, 3.8) is 0 Å². The van der Waals surface area contributed by atoms with Gasteiger partial charge < -0.3 is 0 Å². The van der Waals surface area contributed by atoms with E-state index in [2.05, 4.69) is 0 Å². The van der Waals surface area contributed by atoms with E-state index in [0.29, 0.717) is 5.92 Å². The summed E-state index contributed by atoms with van der Waals surface area (Å²) < 4.78 is 31.3. The average Bonchev–Trinajstić information content (AvgIpc) is 2.29. The van der Waals surface area contributed by atoms with Gasteiger partial charge in [0.2, 0.25) is 0 Å². The van der Waals surface area contributed by atoms with Gasteiger partial charge in [-0.2, -0.15) is 8.42 Å². The molecule has 0 heterocycles. The second-order valence-electron chi connectivity index (χ2n) is 4.83. The van der Waals surface area contributed by atoms with E-state index in [-0.39, 0.29) is 4.90 Å². The lowest BCUT2D eigenvalue weighted by molar-refractivity contribution is 0.441. The van der Waals surface area contributed by atoms with Crippen molar-refractivity contribution in [1.82, 2.24) is 0 Å². The molecule has 1 N–H and O–H groups in total. The summed E-state index contributed by atoms with van der Waals surface area (Å²) in [6.45, 7) is 2.00. The predicted octanol–water partition coefficient (Wildman–Crippen LogP) is 3.29. The zero-order valence-corrected chi connectivity index (χ0v) is 10.8. The normalized spacial score (nSPS) is 18.2. The maximum absolute atomic E-state index is 11.1. The highest BCUT2D eigenvalue weighted by Crippen LogP contribution is 2.35. The van der Waals surface area contributed by atoms with Gasteiger partial charge in [0.1, 0.15) is 0 Å². The summed E-state index contributed by atoms with van der Waals surface area (Å²) in [5, 5.41) is 0. The first kappa shape index (κ1) is 12.6. The molecule has 0 spiro atoms. The Labute approximate surface area is 103 Å². The smallest absolute Gasteiger partial charge is 0.282 e. The van der Waals surface area contributed by atoms with Crippen molar-refractivity contribution in [3.05, 3.63) is 29.3 Å². The lowest BCUT2D eigenvalue weighted by Gasteiger charge is -2.23. The van der Waals surface area contributed by atoms with E-state index in [1.54, 1.807) is 12.1 Å². The van der Waals surface area contributed by atoms with Crippen molar-refractivity contribution in [2.45, 2.75) is 49.8 Å². The number of benzene rings is 1. The molecule has 0 saturated heterocycles. The molecule has 0 aromatic heterocycles. The molecule has 2 rings (SSSR count). The Bertz CT molecular complexity index is 499. The van der Waals surface area contributed by atoms with Crippen molar-refractivity contribution in [2.24, 2.45) is 0 Å². The zero-order chi connectivity index (χ0) is 12.5. The van der Waals surface area contributed by atoms with E-state index in [0.717, 1.165) is 24.0 Å². The fraction of sp³-hybridized carbons (Fsp3) is 0.538. The van der Waals surface area contributed by atoms with Crippen LogP contribution in [-0.4, -0.2) is 13.0 Å². The number of aryl methyl sites for hydroxylation is 1. The second kappa shape index (κ2) is 4.78. The van der Waals surface area contributed by atoms with Crippen LogP contribution in [0.4, 0.5) is 0 Å². The lowest BCUT2D eigenvalue weighted by Crippen LogP contribution is -2.08. The standard InChI is InChI=1S/C13H18O3S/c1-10-7-8-12(17(14,15)16)9-13(10)11-5-3-2-4-6-11/h7-9,11H,2-6H2,1H3,(H,14,15,16). The fourth-order valence-corrected chi connectivity index (χ4v) is 3.15. The average molecular weight is 254 g/mol. The number of hydrogen-bond acceptors (Lipinski definition) is 2. The fourth-order valence-electron chi connectivity index (χ4n) is 2.63. The van der Waals surface area contributed by atoms with Gasteiger partial charge in [0.25, 0.3) is 10.1 Å². The molecule has 94 valence electrons. The molecule has 1 fully saturated rings. The molecule has 1 aliphatic rings. The molecule has 3 nitrogen and oxygen atoms in total. The lowest BCUT2D eigenvalue weighted by atomic mass is 9.82. The molecule has 0 unspecified atom stereocenters. The van der Waals surface area contributed by atoms with Gasteiger partial charge in [-0.05, 0) is 48.9 Å². The maximum atomic E-state index is 11.1. The molecular weight excluding hydrogens is 236 g/mol. The van der Waals surface area contributed by atoms with Gasteiger partial charge in [-0.15, -0.1) is 0 Å². The molecule has 0 radical (unpaired) electrons. The minimum atomic E-state index is -4.08. The van der Waals surface area contributed by atoms with Crippen LogP contribution in [0, 0.1) is 6.92 Å². The van der Waals surface area contributed by atoms with Gasteiger partial charge in [-0.3, -0.25) is 4.55 Å². The van der Waals surface area contributed by atoms with Crippen LogP contribution >= 0.6 is 0 Å². The summed E-state index contributed by atoms with van der Waals surface area (Å²) in [6, 6.07) is 4.89. The van der Waals surface area contributed by atoms with E-state index < -0.39 is 10.1 Å². The molecule has 4 heteroatoms. The monoisotopic (exact) mass is 254 g/mol. The van der Waals surface area contributed by atoms with Crippen LogP contribution in [-0.2, 0) is 10.1 Å². The van der Waals surface area contributed by atoms with Gasteiger partial charge in [-0.25, -0.2) is 0 Å². The maximum Gasteiger partial charge on any atom is 0.294 e. The molecule has 1 saturated carbocycles. The summed E-state index contributed by atoms with van der Waals surface area (Å²) in [5.41, 5.74) is 2.20. The summed E-state index contributed by atoms with van der Waals surface area (Å²) in [4.78, 5) is 0.0173. The van der Waals surface area contributed by atoms with E-state index in [9.17, 15) is 8.42 Å². The molecule has 0 aliphatic heterocycles. The summed E-state index contributed by atoms with van der Waals surface area (Å²) in [5.74, 6) is 0.449. The van der Waals surface area contributed by atoms with Crippen LogP contribution in [0.25, 0.3) is 0 Å². The van der Waals surface area contributed by atoms with Gasteiger partial charge in [0.05, 0.1) is 4.90 Å². The number of hydrogen-bond donors (Lipinski definition) is 1. The van der Waals surface area contributed by atoms with Crippen molar-refractivity contribution in [3.8, 4) is 0 Å². The third-order valence-electron chi connectivity index (χ3n) is 3.59. The Kier molecular flexibility index (Phi) is 3.54. The SMILES string of the molecule is Cc1ccc(S(=O)(=O)O)cc1C1CCCCC1. The van der Waals surface area contributed by atoms with Crippen LogP contribution in [0.2, 0.25) is 0 Å². The Hall–Kier alpha value is -0.870. The predicted molar refractivity (Wildman–Crippen MR) is 66.8 cm³/mol. The third-order valence-corrected chi connectivity index (χ3v) is 4.44. The third kappa shape index (κ3) is 2.87. The minimum absolute atomic E-state index is 0.0173. The van der Waals surface area contributed by atoms with Gasteiger partial charge >= 0.3 is 0 Å². The van der Waals surface area contributed by atoms with Gasteiger partial charge in [0, 0.05) is 0 Å². The highest BCUT2D eigenvalue weighted by molar-refractivity contribution is 7.85. The zero-order valence-electron chi connectivity index (χ0n) is 10.0. The quantitative estimate of drug-likeness (QED) is 0.824. The van der Waals surface area contributed by atoms with E-state index in [4.69, 9.17) is 4.55 Å². The molecular formula is C13H18O3S. The number of rotatable bonds is 2. The molecule has 1 aliphatic carbocycles. The first-order valence-corrected chi connectivity index (χ1v) is 7.50. The summed E-state index contributed by atoms with van der Waals surface area (Å²) in [6.07, 6.45) is 5.93. The van der Waals surface area contributed by atoms with Crippen LogP contribution in [0.5, 0.6) is 0 Å². The Morgan fingerprint density at radius 3 is 2.41 bits per heavy atom. The Morgan fingerprint density at radius 2 is 1.82 bits per heavy atom. The highest BCUT2D eigenvalue weighted by atomic mass is 32.2. The van der Waals surface area contributed by atoms with Gasteiger partial charge in [0.15, 0.2) is 0 Å². The minimum Gasteiger partial charge on any atom is -0.282 e. The molecule has 0 amide bonds. The Morgan fingerprint density at radius 1 is 1.18 bits per heavy atom. The highest BCUT2D eigenvalue weighted by Gasteiger charge is 2.19. The largest absolute Gasteiger partial charge is 0.294 e. The topological polar surface area (TPSA) is 54.4 Å². The molecule has 0 bridgehead atoms. The molecule has 0 atom stereocenters. The van der Waals surface area contributed by atoms with Crippen LogP contribution in [0.15, 0.2) is 23.1 Å².